The second-order valence-electron chi connectivity index (χ2n) is 6.85. The Morgan fingerprint density at radius 2 is 1.79 bits per heavy atom. The number of esters is 1. The Morgan fingerprint density at radius 1 is 1.03 bits per heavy atom. The van der Waals surface area contributed by atoms with Crippen LogP contribution in [0.1, 0.15) is 39.3 Å². The zero-order valence-corrected chi connectivity index (χ0v) is 16.7. The fourth-order valence-corrected chi connectivity index (χ4v) is 4.42. The quantitative estimate of drug-likeness (QED) is 0.581. The van der Waals surface area contributed by atoms with Crippen LogP contribution in [0, 0.1) is 0 Å². The van der Waals surface area contributed by atoms with Crippen LogP contribution in [0.5, 0.6) is 0 Å². The molecular weight excluding hydrogens is 386 g/mol. The number of carbonyl (C=O) groups is 2. The van der Waals surface area contributed by atoms with Crippen LogP contribution in [0.15, 0.2) is 54.9 Å². The predicted octanol–water partition coefficient (Wildman–Crippen LogP) is 3.81. The molecule has 0 atom stereocenters. The van der Waals surface area contributed by atoms with Crippen molar-refractivity contribution in [3.05, 3.63) is 76.6 Å². The van der Waals surface area contributed by atoms with E-state index in [2.05, 4.69) is 4.98 Å². The van der Waals surface area contributed by atoms with Gasteiger partial charge in [-0.25, -0.2) is 9.78 Å². The molecule has 0 aliphatic heterocycles. The summed E-state index contributed by atoms with van der Waals surface area (Å²) >= 11 is 1.57. The van der Waals surface area contributed by atoms with Gasteiger partial charge < -0.3 is 4.74 Å². The van der Waals surface area contributed by atoms with Crippen molar-refractivity contribution in [1.29, 1.82) is 0 Å². The van der Waals surface area contributed by atoms with Crippen molar-refractivity contribution in [3.63, 3.8) is 0 Å². The summed E-state index contributed by atoms with van der Waals surface area (Å²) < 4.78 is 5.25. The maximum absolute atomic E-state index is 13.0. The lowest BCUT2D eigenvalue weighted by Gasteiger charge is -2.20. The van der Waals surface area contributed by atoms with Gasteiger partial charge in [0.25, 0.3) is 5.91 Å². The van der Waals surface area contributed by atoms with Gasteiger partial charge in [-0.3, -0.25) is 14.7 Å². The van der Waals surface area contributed by atoms with Gasteiger partial charge in [-0.2, -0.15) is 0 Å². The van der Waals surface area contributed by atoms with Crippen molar-refractivity contribution >= 4 is 28.3 Å². The van der Waals surface area contributed by atoms with Gasteiger partial charge in [0.05, 0.1) is 17.8 Å². The molecule has 0 fully saturated rings. The number of carbonyl (C=O) groups excluding carboxylic acids is 2. The van der Waals surface area contributed by atoms with E-state index in [0.29, 0.717) is 17.2 Å². The number of pyridine rings is 1. The minimum absolute atomic E-state index is 0.289. The van der Waals surface area contributed by atoms with Crippen molar-refractivity contribution < 1.29 is 14.3 Å². The van der Waals surface area contributed by atoms with Gasteiger partial charge in [-0.15, -0.1) is 11.3 Å². The van der Waals surface area contributed by atoms with E-state index < -0.39 is 5.97 Å². The number of anilines is 1. The Kier molecular flexibility index (Phi) is 5.95. The number of aromatic nitrogens is 2. The molecule has 0 spiro atoms. The Bertz CT molecular complexity index is 966. The zero-order valence-electron chi connectivity index (χ0n) is 15.9. The number of aryl methyl sites for hydroxylation is 2. The number of fused-ring (bicyclic) bond motifs is 1. The first-order chi connectivity index (χ1) is 14.2. The average Bonchev–Trinajstić information content (AvgIpc) is 3.21. The van der Waals surface area contributed by atoms with Crippen LogP contribution in [0.3, 0.4) is 0 Å². The van der Waals surface area contributed by atoms with Gasteiger partial charge in [0, 0.05) is 17.3 Å². The molecular formula is C22H21N3O3S. The second-order valence-corrected chi connectivity index (χ2v) is 7.91. The van der Waals surface area contributed by atoms with E-state index in [4.69, 9.17) is 9.72 Å². The third-order valence-electron chi connectivity index (χ3n) is 4.79. The molecule has 0 saturated carbocycles. The highest BCUT2D eigenvalue weighted by molar-refractivity contribution is 7.15. The van der Waals surface area contributed by atoms with Gasteiger partial charge in [-0.05, 0) is 43.4 Å². The summed E-state index contributed by atoms with van der Waals surface area (Å²) in [5.74, 6) is -0.832. The number of ether oxygens (including phenoxy) is 1. The summed E-state index contributed by atoms with van der Waals surface area (Å²) in [4.78, 5) is 36.7. The SMILES string of the molecule is O=C(OCC(=O)N(Cc1ccccc1)c1nc2c(s1)CCCC2)c1ccncc1. The summed E-state index contributed by atoms with van der Waals surface area (Å²) in [6, 6.07) is 12.9. The standard InChI is InChI=1S/C22H21N3O3S/c26-20(15-28-21(27)17-10-12-23-13-11-17)25(14-16-6-2-1-3-7-16)22-24-18-8-4-5-9-19(18)29-22/h1-3,6-7,10-13H,4-5,8-9,14-15H2. The van der Waals surface area contributed by atoms with E-state index in [0.717, 1.165) is 36.9 Å². The van der Waals surface area contributed by atoms with Crippen LogP contribution in [-0.2, 0) is 28.9 Å². The molecule has 2 aromatic heterocycles. The second kappa shape index (κ2) is 8.96. The van der Waals surface area contributed by atoms with Crippen molar-refractivity contribution in [1.82, 2.24) is 9.97 Å². The van der Waals surface area contributed by atoms with E-state index in [1.165, 1.54) is 17.3 Å². The van der Waals surface area contributed by atoms with Crippen molar-refractivity contribution in [2.75, 3.05) is 11.5 Å². The molecule has 4 rings (SSSR count). The van der Waals surface area contributed by atoms with E-state index in [1.807, 2.05) is 30.3 Å². The Balaban J connectivity index is 1.52. The van der Waals surface area contributed by atoms with Gasteiger partial charge in [-0.1, -0.05) is 30.3 Å². The molecule has 6 nitrogen and oxygen atoms in total. The van der Waals surface area contributed by atoms with Crippen LogP contribution in [-0.4, -0.2) is 28.5 Å². The Labute approximate surface area is 173 Å². The lowest BCUT2D eigenvalue weighted by molar-refractivity contribution is -0.121. The number of benzene rings is 1. The van der Waals surface area contributed by atoms with Crippen LogP contribution in [0.25, 0.3) is 0 Å². The Morgan fingerprint density at radius 3 is 2.55 bits per heavy atom. The van der Waals surface area contributed by atoms with E-state index >= 15 is 0 Å². The highest BCUT2D eigenvalue weighted by Crippen LogP contribution is 2.32. The molecule has 0 bridgehead atoms. The van der Waals surface area contributed by atoms with Crippen LogP contribution in [0.4, 0.5) is 5.13 Å². The molecule has 29 heavy (non-hydrogen) atoms. The first-order valence-electron chi connectivity index (χ1n) is 9.61. The third kappa shape index (κ3) is 4.68. The number of nitrogens with zero attached hydrogens (tertiary/aromatic N) is 3. The molecule has 0 saturated heterocycles. The summed E-state index contributed by atoms with van der Waals surface area (Å²) in [6.45, 7) is 0.0527. The number of thiazole rings is 1. The van der Waals surface area contributed by atoms with Gasteiger partial charge in [0.1, 0.15) is 0 Å². The number of hydrogen-bond acceptors (Lipinski definition) is 6. The minimum atomic E-state index is -0.543. The molecule has 1 aliphatic rings. The molecule has 1 aliphatic carbocycles. The normalized spacial score (nSPS) is 12.8. The van der Waals surface area contributed by atoms with Crippen LogP contribution in [0.2, 0.25) is 0 Å². The summed E-state index contributed by atoms with van der Waals surface area (Å²) in [5, 5.41) is 0.672. The zero-order chi connectivity index (χ0) is 20.1. The van der Waals surface area contributed by atoms with Gasteiger partial charge >= 0.3 is 5.97 Å². The van der Waals surface area contributed by atoms with Crippen LogP contribution >= 0.6 is 11.3 Å². The van der Waals surface area contributed by atoms with E-state index in [-0.39, 0.29) is 12.5 Å². The number of rotatable bonds is 6. The number of hydrogen-bond donors (Lipinski definition) is 0. The monoisotopic (exact) mass is 407 g/mol. The minimum Gasteiger partial charge on any atom is -0.452 e. The third-order valence-corrected chi connectivity index (χ3v) is 5.97. The molecule has 1 amide bonds. The maximum atomic E-state index is 13.0. The van der Waals surface area contributed by atoms with Crippen molar-refractivity contribution in [3.8, 4) is 0 Å². The molecule has 1 aromatic carbocycles. The van der Waals surface area contributed by atoms with Crippen LogP contribution < -0.4 is 4.90 Å². The topological polar surface area (TPSA) is 72.4 Å². The molecule has 3 aromatic rings. The van der Waals surface area contributed by atoms with Gasteiger partial charge in [0.2, 0.25) is 0 Å². The summed E-state index contributed by atoms with van der Waals surface area (Å²) in [5.41, 5.74) is 2.46. The van der Waals surface area contributed by atoms with E-state index in [9.17, 15) is 9.59 Å². The molecule has 0 radical (unpaired) electrons. The molecule has 7 heteroatoms. The predicted molar refractivity (Wildman–Crippen MR) is 111 cm³/mol. The molecule has 0 unspecified atom stereocenters. The van der Waals surface area contributed by atoms with E-state index in [1.54, 1.807) is 28.4 Å². The highest BCUT2D eigenvalue weighted by atomic mass is 32.1. The number of amides is 1. The van der Waals surface area contributed by atoms with Gasteiger partial charge in [0.15, 0.2) is 11.7 Å². The lowest BCUT2D eigenvalue weighted by atomic mass is 10.0. The first kappa shape index (κ1) is 19.3. The average molecular weight is 407 g/mol. The smallest absolute Gasteiger partial charge is 0.338 e. The highest BCUT2D eigenvalue weighted by Gasteiger charge is 2.24. The Hall–Kier alpha value is -3.06. The summed E-state index contributed by atoms with van der Waals surface area (Å²) in [7, 11) is 0. The summed E-state index contributed by atoms with van der Waals surface area (Å²) in [6.07, 6.45) is 7.28. The maximum Gasteiger partial charge on any atom is 0.338 e. The van der Waals surface area contributed by atoms with Crippen molar-refractivity contribution in [2.45, 2.75) is 32.2 Å². The fraction of sp³-hybridized carbons (Fsp3) is 0.273. The molecule has 148 valence electrons. The molecule has 0 N–H and O–H groups in total. The van der Waals surface area contributed by atoms with Crippen molar-refractivity contribution in [2.24, 2.45) is 0 Å². The first-order valence-corrected chi connectivity index (χ1v) is 10.4. The lowest BCUT2D eigenvalue weighted by Crippen LogP contribution is -2.34. The largest absolute Gasteiger partial charge is 0.452 e. The molecule has 2 heterocycles. The fourth-order valence-electron chi connectivity index (χ4n) is 3.26.